The van der Waals surface area contributed by atoms with Crippen molar-refractivity contribution in [3.05, 3.63) is 42.5 Å². The van der Waals surface area contributed by atoms with Crippen molar-refractivity contribution >= 4 is 5.91 Å². The van der Waals surface area contributed by atoms with E-state index in [2.05, 4.69) is 27.1 Å². The summed E-state index contributed by atoms with van der Waals surface area (Å²) < 4.78 is 7.08. The maximum Gasteiger partial charge on any atom is 0.247 e. The number of amides is 1. The minimum absolute atomic E-state index is 0.103. The van der Waals surface area contributed by atoms with Gasteiger partial charge in [0.2, 0.25) is 5.91 Å². The molecule has 134 valence electrons. The van der Waals surface area contributed by atoms with Gasteiger partial charge in [-0.25, -0.2) is 9.67 Å². The van der Waals surface area contributed by atoms with Gasteiger partial charge in [0.25, 0.3) is 0 Å². The van der Waals surface area contributed by atoms with E-state index in [0.717, 1.165) is 38.5 Å². The van der Waals surface area contributed by atoms with E-state index < -0.39 is 0 Å². The number of hydrogen-bond donors (Lipinski definition) is 0. The van der Waals surface area contributed by atoms with Gasteiger partial charge in [-0.05, 0) is 31.5 Å². The number of aromatic nitrogens is 3. The molecular formula is C18H25N5O2. The Bertz CT molecular complexity index is 663. The Morgan fingerprint density at radius 3 is 2.52 bits per heavy atom. The van der Waals surface area contributed by atoms with Gasteiger partial charge < -0.3 is 9.64 Å². The summed E-state index contributed by atoms with van der Waals surface area (Å²) in [4.78, 5) is 20.8. The maximum atomic E-state index is 12.6. The van der Waals surface area contributed by atoms with E-state index >= 15 is 0 Å². The van der Waals surface area contributed by atoms with E-state index in [1.165, 1.54) is 11.9 Å². The van der Waals surface area contributed by atoms with Crippen LogP contribution in [-0.2, 0) is 11.3 Å². The summed E-state index contributed by atoms with van der Waals surface area (Å²) in [5, 5.41) is 4.06. The van der Waals surface area contributed by atoms with Crippen LogP contribution in [-0.4, -0.2) is 63.3 Å². The maximum absolute atomic E-state index is 12.6. The molecule has 3 rings (SSSR count). The molecule has 7 heteroatoms. The predicted octanol–water partition coefficient (Wildman–Crippen LogP) is 1.58. The molecule has 0 N–H and O–H groups in total. The number of rotatable bonds is 6. The number of carbonyl (C=O) groups is 1. The highest BCUT2D eigenvalue weighted by atomic mass is 16.5. The Morgan fingerprint density at radius 1 is 1.20 bits per heavy atom. The van der Waals surface area contributed by atoms with Crippen molar-refractivity contribution in [3.8, 4) is 5.75 Å². The monoisotopic (exact) mass is 343 g/mol. The molecule has 2 heterocycles. The number of hydrogen-bond acceptors (Lipinski definition) is 5. The van der Waals surface area contributed by atoms with Gasteiger partial charge in [0, 0.05) is 32.7 Å². The summed E-state index contributed by atoms with van der Waals surface area (Å²) in [6, 6.07) is 7.93. The number of ether oxygens (including phenoxy) is 1. The van der Waals surface area contributed by atoms with E-state index in [1.807, 2.05) is 30.9 Å². The molecule has 1 aliphatic rings. The van der Waals surface area contributed by atoms with Crippen LogP contribution in [0.15, 0.2) is 36.9 Å². The van der Waals surface area contributed by atoms with Crippen molar-refractivity contribution in [2.75, 3.05) is 32.8 Å². The third kappa shape index (κ3) is 4.36. The average Bonchev–Trinajstić information content (AvgIpc) is 3.18. The molecule has 0 aliphatic carbocycles. The molecule has 1 atom stereocenters. The molecule has 1 aliphatic heterocycles. The topological polar surface area (TPSA) is 63.5 Å². The lowest BCUT2D eigenvalue weighted by Crippen LogP contribution is -2.49. The second-order valence-electron chi connectivity index (χ2n) is 6.23. The fourth-order valence-corrected chi connectivity index (χ4v) is 3.04. The van der Waals surface area contributed by atoms with Gasteiger partial charge in [0.05, 0.1) is 6.61 Å². The van der Waals surface area contributed by atoms with Gasteiger partial charge >= 0.3 is 0 Å². The van der Waals surface area contributed by atoms with Crippen molar-refractivity contribution < 1.29 is 9.53 Å². The molecule has 0 saturated carbocycles. The van der Waals surface area contributed by atoms with E-state index in [0.29, 0.717) is 6.61 Å². The van der Waals surface area contributed by atoms with E-state index in [-0.39, 0.29) is 11.9 Å². The van der Waals surface area contributed by atoms with Crippen LogP contribution in [0.1, 0.15) is 25.5 Å². The van der Waals surface area contributed by atoms with Crippen LogP contribution in [0.2, 0.25) is 0 Å². The minimum Gasteiger partial charge on any atom is -0.494 e. The predicted molar refractivity (Wildman–Crippen MR) is 94.2 cm³/mol. The summed E-state index contributed by atoms with van der Waals surface area (Å²) in [6.07, 6.45) is 3.04. The van der Waals surface area contributed by atoms with Gasteiger partial charge in [0.15, 0.2) is 0 Å². The molecule has 7 nitrogen and oxygen atoms in total. The third-order valence-corrected chi connectivity index (χ3v) is 4.52. The largest absolute Gasteiger partial charge is 0.494 e. The molecule has 0 spiro atoms. The number of piperazine rings is 1. The fraction of sp³-hybridized carbons (Fsp3) is 0.500. The highest BCUT2D eigenvalue weighted by Crippen LogP contribution is 2.16. The van der Waals surface area contributed by atoms with Crippen molar-refractivity contribution in [2.24, 2.45) is 0 Å². The van der Waals surface area contributed by atoms with Crippen LogP contribution in [0.3, 0.4) is 0 Å². The second kappa shape index (κ2) is 8.11. The van der Waals surface area contributed by atoms with Crippen LogP contribution in [0, 0.1) is 0 Å². The molecule has 0 radical (unpaired) electrons. The SMILES string of the molecule is CCOc1ccc(CN2CCN(C(=O)C(C)n3cncn3)CC2)cc1. The first kappa shape index (κ1) is 17.4. The molecule has 1 fully saturated rings. The Balaban J connectivity index is 1.49. The zero-order chi connectivity index (χ0) is 17.6. The first-order valence-corrected chi connectivity index (χ1v) is 8.74. The third-order valence-electron chi connectivity index (χ3n) is 4.52. The van der Waals surface area contributed by atoms with Crippen LogP contribution in [0.5, 0.6) is 5.75 Å². The van der Waals surface area contributed by atoms with Crippen LogP contribution >= 0.6 is 0 Å². The number of carbonyl (C=O) groups excluding carboxylic acids is 1. The summed E-state index contributed by atoms with van der Waals surface area (Å²) in [7, 11) is 0. The van der Waals surface area contributed by atoms with E-state index in [9.17, 15) is 4.79 Å². The molecule has 1 aromatic carbocycles. The zero-order valence-electron chi connectivity index (χ0n) is 14.8. The molecule has 1 unspecified atom stereocenters. The Morgan fingerprint density at radius 2 is 1.92 bits per heavy atom. The fourth-order valence-electron chi connectivity index (χ4n) is 3.04. The standard InChI is InChI=1S/C18H25N5O2/c1-3-25-17-6-4-16(5-7-17)12-21-8-10-22(11-9-21)18(24)15(2)23-14-19-13-20-23/h4-7,13-15H,3,8-12H2,1-2H3. The minimum atomic E-state index is -0.305. The lowest BCUT2D eigenvalue weighted by molar-refractivity contribution is -0.136. The Kier molecular flexibility index (Phi) is 5.65. The van der Waals surface area contributed by atoms with Gasteiger partial charge in [-0.15, -0.1) is 0 Å². The second-order valence-corrected chi connectivity index (χ2v) is 6.23. The molecule has 1 saturated heterocycles. The quantitative estimate of drug-likeness (QED) is 0.797. The number of nitrogens with zero attached hydrogens (tertiary/aromatic N) is 5. The lowest BCUT2D eigenvalue weighted by atomic mass is 10.2. The van der Waals surface area contributed by atoms with Gasteiger partial charge in [0.1, 0.15) is 24.4 Å². The highest BCUT2D eigenvalue weighted by Gasteiger charge is 2.26. The summed E-state index contributed by atoms with van der Waals surface area (Å²) in [5.41, 5.74) is 1.26. The van der Waals surface area contributed by atoms with Crippen LogP contribution in [0.25, 0.3) is 0 Å². The zero-order valence-corrected chi connectivity index (χ0v) is 14.8. The smallest absolute Gasteiger partial charge is 0.247 e. The molecule has 0 bridgehead atoms. The Labute approximate surface area is 148 Å². The van der Waals surface area contributed by atoms with Gasteiger partial charge in [-0.2, -0.15) is 5.10 Å². The molecule has 1 amide bonds. The van der Waals surface area contributed by atoms with Crippen LogP contribution in [0.4, 0.5) is 0 Å². The van der Waals surface area contributed by atoms with E-state index in [1.54, 1.807) is 11.0 Å². The first-order valence-electron chi connectivity index (χ1n) is 8.74. The molecule has 25 heavy (non-hydrogen) atoms. The summed E-state index contributed by atoms with van der Waals surface area (Å²) in [5.74, 6) is 1.01. The highest BCUT2D eigenvalue weighted by molar-refractivity contribution is 5.80. The van der Waals surface area contributed by atoms with Gasteiger partial charge in [-0.1, -0.05) is 12.1 Å². The van der Waals surface area contributed by atoms with Gasteiger partial charge in [-0.3, -0.25) is 9.69 Å². The van der Waals surface area contributed by atoms with Crippen LogP contribution < -0.4 is 4.74 Å². The molecular weight excluding hydrogens is 318 g/mol. The number of benzene rings is 1. The molecule has 2 aromatic rings. The lowest BCUT2D eigenvalue weighted by Gasteiger charge is -2.35. The van der Waals surface area contributed by atoms with Crippen molar-refractivity contribution in [2.45, 2.75) is 26.4 Å². The van der Waals surface area contributed by atoms with Crippen molar-refractivity contribution in [1.29, 1.82) is 0 Å². The first-order chi connectivity index (χ1) is 12.2. The van der Waals surface area contributed by atoms with Crippen molar-refractivity contribution in [3.63, 3.8) is 0 Å². The average molecular weight is 343 g/mol. The van der Waals surface area contributed by atoms with Crippen molar-refractivity contribution in [1.82, 2.24) is 24.6 Å². The summed E-state index contributed by atoms with van der Waals surface area (Å²) >= 11 is 0. The summed E-state index contributed by atoms with van der Waals surface area (Å²) in [6.45, 7) is 8.67. The van der Waals surface area contributed by atoms with E-state index in [4.69, 9.17) is 4.74 Å². The molecule has 1 aromatic heterocycles. The Hall–Kier alpha value is -2.41. The normalized spacial score (nSPS) is 16.6.